The Morgan fingerprint density at radius 1 is 1.25 bits per heavy atom. The minimum Gasteiger partial charge on any atom is -0.495 e. The fraction of sp³-hybridized carbons (Fsp3) is 0.467. The highest BCUT2D eigenvalue weighted by Gasteiger charge is 2.52. The van der Waals surface area contributed by atoms with Gasteiger partial charge in [-0.3, -0.25) is 4.98 Å². The van der Waals surface area contributed by atoms with Gasteiger partial charge in [0.25, 0.3) is 0 Å². The third kappa shape index (κ3) is 5.04. The van der Waals surface area contributed by atoms with Crippen molar-refractivity contribution in [2.75, 3.05) is 6.61 Å². The molecule has 36 heavy (non-hydrogen) atoms. The van der Waals surface area contributed by atoms with Gasteiger partial charge in [-0.2, -0.15) is 0 Å². The van der Waals surface area contributed by atoms with Gasteiger partial charge in [0.15, 0.2) is 0 Å². The van der Waals surface area contributed by atoms with Crippen molar-refractivity contribution in [3.8, 4) is 11.1 Å². The predicted molar refractivity (Wildman–Crippen MR) is 138 cm³/mol. The molecule has 2 saturated carbocycles. The zero-order valence-corrected chi connectivity index (χ0v) is 21.0. The SMILES string of the molecule is C=C1O[C@H](C)[C@H]2[C@@H](/C=C/c3ccc(-c4cccc(F)c4)cn3)[C@@H]3CC[C@@H](NC(=O)OCC)C[C@H]3C[C@@H]12. The van der Waals surface area contributed by atoms with Crippen molar-refractivity contribution >= 4 is 12.2 Å². The minimum absolute atomic E-state index is 0.136. The number of hydrogen-bond acceptors (Lipinski definition) is 4. The van der Waals surface area contributed by atoms with Crippen molar-refractivity contribution in [3.63, 3.8) is 0 Å². The zero-order valence-electron chi connectivity index (χ0n) is 21.0. The second kappa shape index (κ2) is 10.5. The number of halogens is 1. The lowest BCUT2D eigenvalue weighted by Crippen LogP contribution is -2.48. The Morgan fingerprint density at radius 3 is 2.86 bits per heavy atom. The fourth-order valence-electron chi connectivity index (χ4n) is 6.79. The predicted octanol–water partition coefficient (Wildman–Crippen LogP) is 6.62. The van der Waals surface area contributed by atoms with Crippen LogP contribution in [0.2, 0.25) is 0 Å². The average Bonchev–Trinajstić information content (AvgIpc) is 3.15. The van der Waals surface area contributed by atoms with Crippen molar-refractivity contribution in [3.05, 3.63) is 72.5 Å². The Balaban J connectivity index is 1.34. The number of ether oxygens (including phenoxy) is 2. The highest BCUT2D eigenvalue weighted by molar-refractivity contribution is 5.67. The molecule has 3 aliphatic rings. The van der Waals surface area contributed by atoms with Crippen LogP contribution in [0.4, 0.5) is 9.18 Å². The standard InChI is InChI=1S/C30H35FN2O3/c1-4-35-30(34)33-25-11-12-26-22(15-25)16-28-18(2)36-19(3)29(28)27(26)13-10-24-9-8-21(17-32-24)20-6-5-7-23(31)14-20/h5-10,13-14,17,19,22,25-29H,2,4,11-12,15-16H2,1,3H3,(H,33,34)/b13-10+/t19-,22+,25-,26-,27+,28+,29+/m1/s1. The molecule has 190 valence electrons. The van der Waals surface area contributed by atoms with E-state index in [4.69, 9.17) is 9.47 Å². The molecule has 1 amide bonds. The van der Waals surface area contributed by atoms with Gasteiger partial charge in [0.2, 0.25) is 0 Å². The molecular formula is C30H35FN2O3. The van der Waals surface area contributed by atoms with Gasteiger partial charge in [0, 0.05) is 29.6 Å². The number of aromatic nitrogens is 1. The third-order valence-electron chi connectivity index (χ3n) is 8.33. The van der Waals surface area contributed by atoms with Crippen LogP contribution >= 0.6 is 0 Å². The summed E-state index contributed by atoms with van der Waals surface area (Å²) in [6.07, 6.45) is 10.1. The first-order chi connectivity index (χ1) is 17.4. The maximum Gasteiger partial charge on any atom is 0.407 e. The number of benzene rings is 1. The molecule has 1 aliphatic heterocycles. The molecule has 0 unspecified atom stereocenters. The van der Waals surface area contributed by atoms with E-state index in [0.717, 1.165) is 48.3 Å². The first kappa shape index (κ1) is 24.5. The summed E-state index contributed by atoms with van der Waals surface area (Å²) in [5.74, 6) is 2.77. The van der Waals surface area contributed by atoms with E-state index in [-0.39, 0.29) is 24.1 Å². The van der Waals surface area contributed by atoms with Crippen LogP contribution < -0.4 is 5.32 Å². The number of carbonyl (C=O) groups is 1. The van der Waals surface area contributed by atoms with E-state index in [1.54, 1.807) is 12.3 Å². The van der Waals surface area contributed by atoms with E-state index in [9.17, 15) is 9.18 Å². The van der Waals surface area contributed by atoms with Crippen LogP contribution in [0.3, 0.4) is 0 Å². The first-order valence-electron chi connectivity index (χ1n) is 13.1. The van der Waals surface area contributed by atoms with Crippen LogP contribution in [0, 0.1) is 35.4 Å². The summed E-state index contributed by atoms with van der Waals surface area (Å²) in [5, 5.41) is 3.06. The second-order valence-corrected chi connectivity index (χ2v) is 10.4. The first-order valence-corrected chi connectivity index (χ1v) is 13.1. The molecule has 0 spiro atoms. The molecule has 0 radical (unpaired) electrons. The molecule has 0 bridgehead atoms. The number of pyridine rings is 1. The van der Waals surface area contributed by atoms with Gasteiger partial charge >= 0.3 is 6.09 Å². The number of rotatable bonds is 5. The number of fused-ring (bicyclic) bond motifs is 2. The fourth-order valence-corrected chi connectivity index (χ4v) is 6.79. The summed E-state index contributed by atoms with van der Waals surface area (Å²) in [4.78, 5) is 16.6. The number of allylic oxidation sites excluding steroid dienone is 2. The monoisotopic (exact) mass is 490 g/mol. The normalized spacial score (nSPS) is 31.4. The van der Waals surface area contributed by atoms with E-state index in [1.165, 1.54) is 12.1 Å². The molecule has 2 heterocycles. The molecular weight excluding hydrogens is 455 g/mol. The highest BCUT2D eigenvalue weighted by Crippen LogP contribution is 2.55. The summed E-state index contributed by atoms with van der Waals surface area (Å²) >= 11 is 0. The van der Waals surface area contributed by atoms with Crippen LogP contribution in [0.15, 0.2) is 61.0 Å². The lowest BCUT2D eigenvalue weighted by molar-refractivity contribution is 0.0286. The Morgan fingerprint density at radius 2 is 2.11 bits per heavy atom. The Labute approximate surface area is 212 Å². The van der Waals surface area contributed by atoms with Crippen LogP contribution in [0.1, 0.15) is 45.2 Å². The molecule has 1 N–H and O–H groups in total. The third-order valence-corrected chi connectivity index (χ3v) is 8.33. The van der Waals surface area contributed by atoms with Gasteiger partial charge in [-0.25, -0.2) is 9.18 Å². The smallest absolute Gasteiger partial charge is 0.407 e. The summed E-state index contributed by atoms with van der Waals surface area (Å²) < 4.78 is 24.8. The molecule has 3 fully saturated rings. The summed E-state index contributed by atoms with van der Waals surface area (Å²) in [6.45, 7) is 8.61. The molecule has 2 aliphatic carbocycles. The van der Waals surface area contributed by atoms with Gasteiger partial charge < -0.3 is 14.8 Å². The topological polar surface area (TPSA) is 60.5 Å². The Hall–Kier alpha value is -3.15. The quantitative estimate of drug-likeness (QED) is 0.512. The van der Waals surface area contributed by atoms with Crippen LogP contribution in [0.25, 0.3) is 17.2 Å². The second-order valence-electron chi connectivity index (χ2n) is 10.4. The van der Waals surface area contributed by atoms with E-state index < -0.39 is 0 Å². The van der Waals surface area contributed by atoms with Gasteiger partial charge in [-0.15, -0.1) is 0 Å². The molecule has 5 nitrogen and oxygen atoms in total. The molecule has 1 aromatic carbocycles. The van der Waals surface area contributed by atoms with Crippen molar-refractivity contribution in [1.82, 2.24) is 10.3 Å². The molecule has 6 heteroatoms. The van der Waals surface area contributed by atoms with E-state index in [2.05, 4.69) is 36.0 Å². The van der Waals surface area contributed by atoms with Crippen LogP contribution in [-0.2, 0) is 9.47 Å². The Kier molecular flexibility index (Phi) is 7.13. The minimum atomic E-state index is -0.318. The summed E-state index contributed by atoms with van der Waals surface area (Å²) in [7, 11) is 0. The Bertz CT molecular complexity index is 1130. The van der Waals surface area contributed by atoms with E-state index in [0.29, 0.717) is 36.2 Å². The van der Waals surface area contributed by atoms with Crippen molar-refractivity contribution in [2.24, 2.45) is 29.6 Å². The number of alkyl carbamates (subject to hydrolysis) is 1. The molecule has 1 aromatic heterocycles. The maximum absolute atomic E-state index is 13.6. The molecule has 1 saturated heterocycles. The zero-order chi connectivity index (χ0) is 25.2. The van der Waals surface area contributed by atoms with E-state index in [1.807, 2.05) is 25.1 Å². The highest BCUT2D eigenvalue weighted by atomic mass is 19.1. The van der Waals surface area contributed by atoms with Gasteiger partial charge in [0.05, 0.1) is 24.2 Å². The summed E-state index contributed by atoms with van der Waals surface area (Å²) in [5.41, 5.74) is 2.60. The van der Waals surface area contributed by atoms with E-state index >= 15 is 0 Å². The summed E-state index contributed by atoms with van der Waals surface area (Å²) in [6, 6.07) is 10.7. The van der Waals surface area contributed by atoms with Gasteiger partial charge in [-0.05, 0) is 87.1 Å². The van der Waals surface area contributed by atoms with Crippen molar-refractivity contribution in [1.29, 1.82) is 0 Å². The largest absolute Gasteiger partial charge is 0.495 e. The van der Waals surface area contributed by atoms with Gasteiger partial charge in [-0.1, -0.05) is 30.9 Å². The molecule has 2 aromatic rings. The molecule has 7 atom stereocenters. The van der Waals surface area contributed by atoms with Crippen LogP contribution in [0.5, 0.6) is 0 Å². The number of amides is 1. The maximum atomic E-state index is 13.6. The van der Waals surface area contributed by atoms with Crippen LogP contribution in [-0.4, -0.2) is 29.8 Å². The van der Waals surface area contributed by atoms with Gasteiger partial charge in [0.1, 0.15) is 5.82 Å². The number of hydrogen-bond donors (Lipinski definition) is 1. The number of carbonyl (C=O) groups excluding carboxylic acids is 1. The lowest BCUT2D eigenvalue weighted by atomic mass is 9.56. The van der Waals surface area contributed by atoms with Crippen molar-refractivity contribution in [2.45, 2.75) is 51.7 Å². The lowest BCUT2D eigenvalue weighted by Gasteiger charge is -2.48. The number of nitrogens with zero attached hydrogens (tertiary/aromatic N) is 1. The average molecular weight is 491 g/mol. The van der Waals surface area contributed by atoms with Crippen molar-refractivity contribution < 1.29 is 18.7 Å². The molecule has 5 rings (SSSR count). The number of nitrogens with one attached hydrogen (secondary N) is 1.